The van der Waals surface area contributed by atoms with Crippen molar-refractivity contribution in [3.8, 4) is 5.75 Å². The minimum absolute atomic E-state index is 0.0149. The van der Waals surface area contributed by atoms with Gasteiger partial charge in [-0.2, -0.15) is 0 Å². The van der Waals surface area contributed by atoms with Gasteiger partial charge in [0.25, 0.3) is 5.69 Å². The zero-order valence-electron chi connectivity index (χ0n) is 13.3. The molecule has 130 valence electrons. The van der Waals surface area contributed by atoms with Crippen molar-refractivity contribution in [2.45, 2.75) is 12.8 Å². The first-order valence-corrected chi connectivity index (χ1v) is 7.98. The van der Waals surface area contributed by atoms with Crippen LogP contribution < -0.4 is 15.4 Å². The lowest BCUT2D eigenvalue weighted by atomic mass is 10.3. The number of nitrogens with zero attached hydrogens (tertiary/aromatic N) is 1. The van der Waals surface area contributed by atoms with Crippen LogP contribution in [0.3, 0.4) is 0 Å². The summed E-state index contributed by atoms with van der Waals surface area (Å²) in [7, 11) is 0. The molecule has 0 aliphatic carbocycles. The number of carbonyl (C=O) groups is 1. The number of thiocarbonyl (C=S) groups is 1. The molecule has 0 unspecified atom stereocenters. The molecule has 0 heterocycles. The number of nitro benzene ring substituents is 1. The topological polar surface area (TPSA) is 93.5 Å². The fourth-order valence-electron chi connectivity index (χ4n) is 1.96. The van der Waals surface area contributed by atoms with Gasteiger partial charge in [-0.1, -0.05) is 18.2 Å². The van der Waals surface area contributed by atoms with Crippen molar-refractivity contribution in [1.82, 2.24) is 5.32 Å². The first kappa shape index (κ1) is 18.3. The lowest BCUT2D eigenvalue weighted by Gasteiger charge is -2.10. The second kappa shape index (κ2) is 9.33. The van der Waals surface area contributed by atoms with Crippen LogP contribution in [-0.4, -0.2) is 22.5 Å². The number of anilines is 1. The molecule has 2 rings (SSSR count). The molecule has 0 saturated carbocycles. The average molecular weight is 359 g/mol. The Balaban J connectivity index is 1.67. The Morgan fingerprint density at radius 3 is 2.44 bits per heavy atom. The molecule has 0 bridgehead atoms. The summed E-state index contributed by atoms with van der Waals surface area (Å²) in [5, 5.41) is 16.1. The van der Waals surface area contributed by atoms with Crippen LogP contribution in [0.5, 0.6) is 5.75 Å². The minimum atomic E-state index is -0.485. The normalized spacial score (nSPS) is 9.92. The van der Waals surface area contributed by atoms with E-state index in [0.717, 1.165) is 5.75 Å². The van der Waals surface area contributed by atoms with Gasteiger partial charge in [-0.3, -0.25) is 14.9 Å². The van der Waals surface area contributed by atoms with Gasteiger partial charge in [-0.05, 0) is 42.9 Å². The maximum atomic E-state index is 11.8. The lowest BCUT2D eigenvalue weighted by molar-refractivity contribution is -0.384. The summed E-state index contributed by atoms with van der Waals surface area (Å²) in [5.41, 5.74) is 0.544. The summed E-state index contributed by atoms with van der Waals surface area (Å²) in [6, 6.07) is 15.1. The molecule has 8 heteroatoms. The number of hydrogen-bond donors (Lipinski definition) is 2. The van der Waals surface area contributed by atoms with Crippen LogP contribution in [0.25, 0.3) is 0 Å². The van der Waals surface area contributed by atoms with Crippen LogP contribution in [-0.2, 0) is 4.79 Å². The molecule has 7 nitrogen and oxygen atoms in total. The van der Waals surface area contributed by atoms with Crippen molar-refractivity contribution in [3.63, 3.8) is 0 Å². The molecule has 25 heavy (non-hydrogen) atoms. The van der Waals surface area contributed by atoms with Crippen LogP contribution in [0.2, 0.25) is 0 Å². The van der Waals surface area contributed by atoms with Gasteiger partial charge < -0.3 is 15.4 Å². The molecule has 0 saturated heterocycles. The number of ether oxygens (including phenoxy) is 1. The van der Waals surface area contributed by atoms with Crippen molar-refractivity contribution in [2.24, 2.45) is 0 Å². The van der Waals surface area contributed by atoms with Crippen LogP contribution >= 0.6 is 12.2 Å². The van der Waals surface area contributed by atoms with E-state index in [1.807, 2.05) is 30.3 Å². The fraction of sp³-hybridized carbons (Fsp3) is 0.176. The van der Waals surface area contributed by atoms with E-state index in [0.29, 0.717) is 18.7 Å². The van der Waals surface area contributed by atoms with Crippen molar-refractivity contribution < 1.29 is 14.5 Å². The molecule has 2 aromatic carbocycles. The Morgan fingerprint density at radius 1 is 1.12 bits per heavy atom. The Hall–Kier alpha value is -3.00. The van der Waals surface area contributed by atoms with Crippen LogP contribution in [0, 0.1) is 10.1 Å². The predicted octanol–water partition coefficient (Wildman–Crippen LogP) is 3.27. The van der Waals surface area contributed by atoms with Gasteiger partial charge in [0, 0.05) is 24.2 Å². The van der Waals surface area contributed by atoms with Crippen molar-refractivity contribution in [1.29, 1.82) is 0 Å². The predicted molar refractivity (Wildman–Crippen MR) is 98.6 cm³/mol. The molecule has 0 fully saturated rings. The van der Waals surface area contributed by atoms with E-state index in [1.54, 1.807) is 0 Å². The van der Waals surface area contributed by atoms with E-state index in [-0.39, 0.29) is 23.1 Å². The van der Waals surface area contributed by atoms with Crippen molar-refractivity contribution in [2.75, 3.05) is 11.9 Å². The van der Waals surface area contributed by atoms with Gasteiger partial charge >= 0.3 is 0 Å². The molecular weight excluding hydrogens is 342 g/mol. The Labute approximate surface area is 150 Å². The highest BCUT2D eigenvalue weighted by Crippen LogP contribution is 2.15. The third-order valence-corrected chi connectivity index (χ3v) is 3.35. The standard InChI is InChI=1S/C17H17N3O4S/c21-16(7-4-12-24-15-5-2-1-3-6-15)19-17(25)18-13-8-10-14(11-9-13)20(22)23/h1-3,5-6,8-11H,4,7,12H2,(H2,18,19,21,25). The number of rotatable bonds is 7. The second-order valence-electron chi connectivity index (χ2n) is 5.07. The number of hydrogen-bond acceptors (Lipinski definition) is 5. The molecule has 2 N–H and O–H groups in total. The van der Waals surface area contributed by atoms with E-state index in [4.69, 9.17) is 17.0 Å². The Bertz CT molecular complexity index is 735. The largest absolute Gasteiger partial charge is 0.494 e. The summed E-state index contributed by atoms with van der Waals surface area (Å²) in [4.78, 5) is 21.9. The number of benzene rings is 2. The molecule has 0 spiro atoms. The Kier molecular flexibility index (Phi) is 6.85. The number of amides is 1. The zero-order valence-corrected chi connectivity index (χ0v) is 14.1. The number of nitro groups is 1. The highest BCUT2D eigenvalue weighted by atomic mass is 32.1. The molecule has 0 radical (unpaired) electrons. The van der Waals surface area contributed by atoms with E-state index in [2.05, 4.69) is 10.6 Å². The smallest absolute Gasteiger partial charge is 0.269 e. The van der Waals surface area contributed by atoms with E-state index in [9.17, 15) is 14.9 Å². The van der Waals surface area contributed by atoms with Gasteiger partial charge in [0.05, 0.1) is 11.5 Å². The van der Waals surface area contributed by atoms with E-state index >= 15 is 0 Å². The maximum Gasteiger partial charge on any atom is 0.269 e. The fourth-order valence-corrected chi connectivity index (χ4v) is 2.19. The molecule has 0 atom stereocenters. The molecule has 0 aromatic heterocycles. The van der Waals surface area contributed by atoms with Crippen LogP contribution in [0.1, 0.15) is 12.8 Å². The highest BCUT2D eigenvalue weighted by molar-refractivity contribution is 7.80. The summed E-state index contributed by atoms with van der Waals surface area (Å²) in [6.45, 7) is 0.431. The first-order valence-electron chi connectivity index (χ1n) is 7.58. The third kappa shape index (κ3) is 6.56. The quantitative estimate of drug-likeness (QED) is 0.341. The van der Waals surface area contributed by atoms with E-state index in [1.165, 1.54) is 24.3 Å². The summed E-state index contributed by atoms with van der Waals surface area (Å²) in [6.07, 6.45) is 0.829. The zero-order chi connectivity index (χ0) is 18.1. The Morgan fingerprint density at radius 2 is 1.80 bits per heavy atom. The molecule has 2 aromatic rings. The van der Waals surface area contributed by atoms with Crippen molar-refractivity contribution in [3.05, 3.63) is 64.7 Å². The third-order valence-electron chi connectivity index (χ3n) is 3.15. The van der Waals surface area contributed by atoms with Gasteiger partial charge in [-0.25, -0.2) is 0 Å². The molecule has 0 aliphatic heterocycles. The second-order valence-corrected chi connectivity index (χ2v) is 5.48. The number of nitrogens with one attached hydrogen (secondary N) is 2. The molecule has 0 aliphatic rings. The lowest BCUT2D eigenvalue weighted by Crippen LogP contribution is -2.34. The van der Waals surface area contributed by atoms with Crippen molar-refractivity contribution >= 4 is 34.6 Å². The minimum Gasteiger partial charge on any atom is -0.494 e. The molecular formula is C17H17N3O4S. The molecule has 1 amide bonds. The van der Waals surface area contributed by atoms with Gasteiger partial charge in [0.1, 0.15) is 5.75 Å². The average Bonchev–Trinajstić information content (AvgIpc) is 2.60. The summed E-state index contributed by atoms with van der Waals surface area (Å²) in [5.74, 6) is 0.536. The maximum absolute atomic E-state index is 11.8. The SMILES string of the molecule is O=C(CCCOc1ccccc1)NC(=S)Nc1ccc([N+](=O)[O-])cc1. The van der Waals surface area contributed by atoms with Crippen LogP contribution in [0.4, 0.5) is 11.4 Å². The van der Waals surface area contributed by atoms with Gasteiger partial charge in [0.2, 0.25) is 5.91 Å². The van der Waals surface area contributed by atoms with Gasteiger partial charge in [0.15, 0.2) is 5.11 Å². The highest BCUT2D eigenvalue weighted by Gasteiger charge is 2.07. The first-order chi connectivity index (χ1) is 12.0. The van der Waals surface area contributed by atoms with Crippen LogP contribution in [0.15, 0.2) is 54.6 Å². The number of carbonyl (C=O) groups excluding carboxylic acids is 1. The van der Waals surface area contributed by atoms with Gasteiger partial charge in [-0.15, -0.1) is 0 Å². The monoisotopic (exact) mass is 359 g/mol. The summed E-state index contributed by atoms with van der Waals surface area (Å²) < 4.78 is 5.50. The van der Waals surface area contributed by atoms with E-state index < -0.39 is 4.92 Å². The summed E-state index contributed by atoms with van der Waals surface area (Å²) >= 11 is 5.04. The number of para-hydroxylation sites is 1. The number of non-ortho nitro benzene ring substituents is 1.